The maximum Gasteiger partial charge on any atom is 0.213 e. The molecule has 0 spiro atoms. The van der Waals surface area contributed by atoms with Gasteiger partial charge in [0, 0.05) is 17.6 Å². The highest BCUT2D eigenvalue weighted by Crippen LogP contribution is 2.38. The van der Waals surface area contributed by atoms with E-state index in [9.17, 15) is 17.2 Å². The minimum absolute atomic E-state index is 0.128. The first kappa shape index (κ1) is 19.8. The van der Waals surface area contributed by atoms with Crippen molar-refractivity contribution >= 4 is 20.9 Å². The molecule has 0 fully saturated rings. The number of nitrogens with two attached hydrogens (primary N) is 1. The van der Waals surface area contributed by atoms with Crippen molar-refractivity contribution in [3.8, 4) is 23.0 Å². The first-order valence-electron chi connectivity index (χ1n) is 7.89. The molecule has 0 unspecified atom stereocenters. The summed E-state index contributed by atoms with van der Waals surface area (Å²) in [6.45, 7) is 0. The highest BCUT2D eigenvalue weighted by molar-refractivity contribution is 7.88. The van der Waals surface area contributed by atoms with Gasteiger partial charge in [0.1, 0.15) is 5.75 Å². The third-order valence-corrected chi connectivity index (χ3v) is 4.58. The number of aromatic nitrogens is 1. The molecule has 0 aliphatic carbocycles. The molecule has 0 bridgehead atoms. The molecule has 3 aromatic rings. The number of benzene rings is 2. The van der Waals surface area contributed by atoms with Crippen LogP contribution in [0.15, 0.2) is 36.5 Å². The van der Waals surface area contributed by atoms with Gasteiger partial charge in [0.15, 0.2) is 28.9 Å². The lowest BCUT2D eigenvalue weighted by Gasteiger charge is -2.13. The van der Waals surface area contributed by atoms with E-state index in [1.165, 1.54) is 26.5 Å². The van der Waals surface area contributed by atoms with E-state index in [0.717, 1.165) is 12.1 Å². The predicted octanol–water partition coefficient (Wildman–Crippen LogP) is 3.11. The highest BCUT2D eigenvalue weighted by Gasteiger charge is 2.18. The first-order valence-corrected chi connectivity index (χ1v) is 9.60. The molecule has 0 saturated heterocycles. The van der Waals surface area contributed by atoms with Crippen molar-refractivity contribution in [3.05, 3.63) is 53.7 Å². The summed E-state index contributed by atoms with van der Waals surface area (Å²) in [6, 6.07) is 6.32. The summed E-state index contributed by atoms with van der Waals surface area (Å²) in [7, 11) is -1.02. The van der Waals surface area contributed by atoms with Crippen LogP contribution in [-0.2, 0) is 15.8 Å². The normalized spacial score (nSPS) is 11.5. The molecule has 3 rings (SSSR count). The molecule has 2 N–H and O–H groups in total. The van der Waals surface area contributed by atoms with Crippen molar-refractivity contribution in [2.24, 2.45) is 5.14 Å². The molecule has 1 aromatic heterocycles. The Hall–Kier alpha value is -2.98. The molecule has 0 aliphatic heterocycles. The second kappa shape index (κ2) is 7.56. The molecule has 0 aliphatic rings. The zero-order chi connectivity index (χ0) is 20.5. The average Bonchev–Trinajstić information content (AvgIpc) is 2.62. The minimum Gasteiger partial charge on any atom is -0.493 e. The minimum atomic E-state index is -3.93. The molecule has 7 nitrogen and oxygen atoms in total. The number of hydrogen-bond donors (Lipinski definition) is 1. The molecule has 0 radical (unpaired) electrons. The lowest BCUT2D eigenvalue weighted by Crippen LogP contribution is -2.14. The van der Waals surface area contributed by atoms with Crippen molar-refractivity contribution in [2.75, 3.05) is 14.2 Å². The summed E-state index contributed by atoms with van der Waals surface area (Å²) in [5.41, 5.74) is 0.331. The Morgan fingerprint density at radius 1 is 1.00 bits per heavy atom. The molecule has 10 heteroatoms. The molecular formula is C18H16F2N2O5S. The number of rotatable bonds is 6. The monoisotopic (exact) mass is 410 g/mol. The lowest BCUT2D eigenvalue weighted by atomic mass is 10.1. The Balaban J connectivity index is 2.05. The van der Waals surface area contributed by atoms with Gasteiger partial charge in [0.05, 0.1) is 25.5 Å². The van der Waals surface area contributed by atoms with Crippen LogP contribution in [0.2, 0.25) is 0 Å². The number of ether oxygens (including phenoxy) is 3. The molecular weight excluding hydrogens is 394 g/mol. The van der Waals surface area contributed by atoms with Crippen molar-refractivity contribution in [1.82, 2.24) is 4.98 Å². The highest BCUT2D eigenvalue weighted by atomic mass is 32.2. The predicted molar refractivity (Wildman–Crippen MR) is 98.1 cm³/mol. The number of nitrogens with zero attached hydrogens (tertiary/aromatic N) is 1. The van der Waals surface area contributed by atoms with Gasteiger partial charge >= 0.3 is 0 Å². The third kappa shape index (κ3) is 4.12. The number of sulfonamides is 1. The molecule has 1 heterocycles. The fourth-order valence-electron chi connectivity index (χ4n) is 2.67. The van der Waals surface area contributed by atoms with Gasteiger partial charge in [-0.3, -0.25) is 4.98 Å². The summed E-state index contributed by atoms with van der Waals surface area (Å²) in [4.78, 5) is 4.18. The van der Waals surface area contributed by atoms with E-state index in [4.69, 9.17) is 19.3 Å². The van der Waals surface area contributed by atoms with Crippen LogP contribution in [0.5, 0.6) is 23.0 Å². The van der Waals surface area contributed by atoms with Crippen LogP contribution in [0.4, 0.5) is 8.78 Å². The van der Waals surface area contributed by atoms with Gasteiger partial charge in [0.2, 0.25) is 10.0 Å². The van der Waals surface area contributed by atoms with Gasteiger partial charge in [-0.2, -0.15) is 0 Å². The zero-order valence-electron chi connectivity index (χ0n) is 14.9. The quantitative estimate of drug-likeness (QED) is 0.670. The Bertz CT molecular complexity index is 1130. The lowest BCUT2D eigenvalue weighted by molar-refractivity contribution is 0.355. The van der Waals surface area contributed by atoms with Crippen LogP contribution in [-0.4, -0.2) is 27.6 Å². The molecule has 28 heavy (non-hydrogen) atoms. The zero-order valence-corrected chi connectivity index (χ0v) is 15.7. The Morgan fingerprint density at radius 2 is 1.61 bits per heavy atom. The summed E-state index contributed by atoms with van der Waals surface area (Å²) >= 11 is 0. The second-order valence-electron chi connectivity index (χ2n) is 5.83. The van der Waals surface area contributed by atoms with Crippen LogP contribution in [0.25, 0.3) is 10.9 Å². The van der Waals surface area contributed by atoms with E-state index in [1.807, 2.05) is 0 Å². The Morgan fingerprint density at radius 3 is 2.18 bits per heavy atom. The van der Waals surface area contributed by atoms with Crippen molar-refractivity contribution in [3.63, 3.8) is 0 Å². The summed E-state index contributed by atoms with van der Waals surface area (Å²) in [5.74, 6) is -2.56. The van der Waals surface area contributed by atoms with Gasteiger partial charge in [-0.1, -0.05) is 0 Å². The van der Waals surface area contributed by atoms with Crippen molar-refractivity contribution in [2.45, 2.75) is 5.75 Å². The van der Waals surface area contributed by atoms with Crippen LogP contribution in [0, 0.1) is 11.6 Å². The van der Waals surface area contributed by atoms with Gasteiger partial charge in [0.25, 0.3) is 0 Å². The fourth-order valence-corrected chi connectivity index (χ4v) is 3.30. The molecule has 2 aromatic carbocycles. The van der Waals surface area contributed by atoms with Crippen molar-refractivity contribution in [1.29, 1.82) is 0 Å². The Labute approximate surface area is 159 Å². The van der Waals surface area contributed by atoms with Crippen LogP contribution in [0.1, 0.15) is 5.56 Å². The number of halogens is 2. The number of methoxy groups -OCH3 is 2. The van der Waals surface area contributed by atoms with E-state index in [2.05, 4.69) is 4.98 Å². The Kier molecular flexibility index (Phi) is 5.34. The molecule has 0 atom stereocenters. The van der Waals surface area contributed by atoms with Gasteiger partial charge in [-0.15, -0.1) is 0 Å². The topological polar surface area (TPSA) is 101 Å². The average molecular weight is 410 g/mol. The summed E-state index contributed by atoms with van der Waals surface area (Å²) in [6.07, 6.45) is 1.41. The summed E-state index contributed by atoms with van der Waals surface area (Å²) < 4.78 is 66.9. The molecule has 0 saturated carbocycles. The molecule has 148 valence electrons. The second-order valence-corrected chi connectivity index (χ2v) is 7.45. The van der Waals surface area contributed by atoms with Gasteiger partial charge in [-0.05, 0) is 29.8 Å². The maximum absolute atomic E-state index is 14.4. The van der Waals surface area contributed by atoms with Crippen molar-refractivity contribution < 1.29 is 31.4 Å². The SMILES string of the molecule is COc1cc2nccc(Oc3c(F)cc(CS(N)(=O)=O)cc3F)c2cc1OC. The molecule has 0 amide bonds. The smallest absolute Gasteiger partial charge is 0.213 e. The number of pyridine rings is 1. The van der Waals surface area contributed by atoms with E-state index < -0.39 is 33.2 Å². The van der Waals surface area contributed by atoms with Crippen LogP contribution in [0.3, 0.4) is 0 Å². The van der Waals surface area contributed by atoms with Gasteiger partial charge in [-0.25, -0.2) is 22.3 Å². The maximum atomic E-state index is 14.4. The number of fused-ring (bicyclic) bond motifs is 1. The van der Waals surface area contributed by atoms with E-state index >= 15 is 0 Å². The largest absolute Gasteiger partial charge is 0.493 e. The number of hydrogen-bond acceptors (Lipinski definition) is 6. The van der Waals surface area contributed by atoms with Crippen LogP contribution < -0.4 is 19.3 Å². The van der Waals surface area contributed by atoms with Gasteiger partial charge < -0.3 is 14.2 Å². The first-order chi connectivity index (χ1) is 13.2. The third-order valence-electron chi connectivity index (χ3n) is 3.84. The summed E-state index contributed by atoms with van der Waals surface area (Å²) in [5, 5.41) is 5.35. The van der Waals surface area contributed by atoms with Crippen LogP contribution >= 0.6 is 0 Å². The number of primary sulfonamides is 1. The van der Waals surface area contributed by atoms with E-state index in [0.29, 0.717) is 22.4 Å². The van der Waals surface area contributed by atoms with E-state index in [-0.39, 0.29) is 11.3 Å². The fraction of sp³-hybridized carbons (Fsp3) is 0.167. The van der Waals surface area contributed by atoms with E-state index in [1.54, 1.807) is 12.1 Å². The standard InChI is InChI=1S/C18H16F2N2O5S/c1-25-16-7-11-14(8-17(16)26-2)22-4-3-15(11)27-18-12(19)5-10(6-13(18)20)9-28(21,23)24/h3-8H,9H2,1-2H3,(H2,21,23,24).